The van der Waals surface area contributed by atoms with E-state index in [1.165, 1.54) is 0 Å². The first-order valence-electron chi connectivity index (χ1n) is 2.07. The van der Waals surface area contributed by atoms with Gasteiger partial charge in [-0.1, -0.05) is 0 Å². The van der Waals surface area contributed by atoms with Gasteiger partial charge < -0.3 is 21.1 Å². The van der Waals surface area contributed by atoms with Crippen molar-refractivity contribution >= 4 is 18.6 Å². The van der Waals surface area contributed by atoms with Crippen LogP contribution in [0.1, 0.15) is 6.42 Å². The second-order valence-corrected chi connectivity index (χ2v) is 0.971. The molecule has 2 amide bonds. The van der Waals surface area contributed by atoms with Gasteiger partial charge in [-0.25, -0.2) is 4.79 Å². The van der Waals surface area contributed by atoms with E-state index in [-0.39, 0.29) is 6.42 Å². The number of urea groups is 1. The molecule has 9 heavy (non-hydrogen) atoms. The third kappa shape index (κ3) is 378. The summed E-state index contributed by atoms with van der Waals surface area (Å²) in [6.45, 7) is 0. The fourth-order valence-corrected chi connectivity index (χ4v) is 0.0393. The summed E-state index contributed by atoms with van der Waals surface area (Å²) in [6, 6.07) is -0.833. The van der Waals surface area contributed by atoms with Crippen molar-refractivity contribution in [2.24, 2.45) is 11.5 Å². The summed E-state index contributed by atoms with van der Waals surface area (Å²) in [5.41, 5.74) is 8.50. The molecule has 0 radical (unpaired) electrons. The SMILES string of the molecule is NC(N)=O.O=CCC=O. The van der Waals surface area contributed by atoms with E-state index in [0.29, 0.717) is 12.6 Å². The summed E-state index contributed by atoms with van der Waals surface area (Å²) in [4.78, 5) is 27.3. The van der Waals surface area contributed by atoms with Crippen LogP contribution in [0, 0.1) is 0 Å². The molecule has 0 aromatic carbocycles. The standard InChI is InChI=1S/C3H4O2.CH4N2O/c4-2-1-3-5;2-1(3)4/h2-3H,1H2;(H4,2,3,4). The fourth-order valence-electron chi connectivity index (χ4n) is 0.0393. The van der Waals surface area contributed by atoms with Gasteiger partial charge in [0, 0.05) is 0 Å². The van der Waals surface area contributed by atoms with Crippen molar-refractivity contribution in [3.05, 3.63) is 0 Å². The number of hydrogen-bond donors (Lipinski definition) is 2. The molecule has 0 rings (SSSR count). The van der Waals surface area contributed by atoms with Crippen molar-refractivity contribution in [3.63, 3.8) is 0 Å². The predicted molar refractivity (Wildman–Crippen MR) is 30.5 cm³/mol. The lowest BCUT2D eigenvalue weighted by atomic mass is 10.6. The van der Waals surface area contributed by atoms with Crippen molar-refractivity contribution in [3.8, 4) is 0 Å². The molecule has 0 aromatic rings. The normalized spacial score (nSPS) is 6.22. The molecule has 0 fully saturated rings. The van der Waals surface area contributed by atoms with Gasteiger partial charge in [-0.2, -0.15) is 0 Å². The maximum atomic E-state index is 9.17. The summed E-state index contributed by atoms with van der Waals surface area (Å²) in [5, 5.41) is 0. The average Bonchev–Trinajstić information content (AvgIpc) is 1.66. The molecule has 0 aliphatic heterocycles. The first-order chi connectivity index (χ1) is 4.15. The molecular weight excluding hydrogens is 124 g/mol. The number of rotatable bonds is 2. The van der Waals surface area contributed by atoms with Gasteiger partial charge >= 0.3 is 6.03 Å². The van der Waals surface area contributed by atoms with Gasteiger partial charge in [-0.3, -0.25) is 0 Å². The lowest BCUT2D eigenvalue weighted by molar-refractivity contribution is -0.114. The maximum absolute atomic E-state index is 9.17. The molecule has 0 spiro atoms. The van der Waals surface area contributed by atoms with E-state index in [9.17, 15) is 9.59 Å². The monoisotopic (exact) mass is 132 g/mol. The fraction of sp³-hybridized carbons (Fsp3) is 0.250. The molecule has 0 heterocycles. The largest absolute Gasteiger partial charge is 0.352 e. The lowest BCUT2D eigenvalue weighted by Gasteiger charge is -1.62. The third-order valence-electron chi connectivity index (χ3n) is 0.192. The molecule has 5 heteroatoms. The minimum absolute atomic E-state index is 0.0278. The molecule has 0 aliphatic carbocycles. The summed E-state index contributed by atoms with van der Waals surface area (Å²) in [7, 11) is 0. The number of amides is 2. The van der Waals surface area contributed by atoms with Gasteiger partial charge in [0.25, 0.3) is 0 Å². The first-order valence-corrected chi connectivity index (χ1v) is 2.07. The van der Waals surface area contributed by atoms with E-state index in [1.54, 1.807) is 0 Å². The minimum atomic E-state index is -0.833. The molecule has 0 atom stereocenters. The number of primary amides is 2. The Morgan fingerprint density at radius 3 is 1.44 bits per heavy atom. The van der Waals surface area contributed by atoms with E-state index in [2.05, 4.69) is 11.5 Å². The molecule has 0 saturated carbocycles. The molecule has 0 unspecified atom stereocenters. The topological polar surface area (TPSA) is 103 Å². The zero-order chi connectivity index (χ0) is 7.70. The molecule has 52 valence electrons. The zero-order valence-corrected chi connectivity index (χ0v) is 4.74. The Hall–Kier alpha value is -1.39. The Bertz CT molecular complexity index is 92.0. The summed E-state index contributed by atoms with van der Waals surface area (Å²) in [5.74, 6) is 0. The molecule has 0 aliphatic rings. The number of carbonyl (C=O) groups is 3. The van der Waals surface area contributed by atoms with Crippen LogP contribution in [0.25, 0.3) is 0 Å². The molecule has 5 nitrogen and oxygen atoms in total. The maximum Gasteiger partial charge on any atom is 0.309 e. The van der Waals surface area contributed by atoms with Crippen LogP contribution in [0.2, 0.25) is 0 Å². The van der Waals surface area contributed by atoms with Gasteiger partial charge in [-0.15, -0.1) is 0 Å². The molecule has 0 aromatic heterocycles. The average molecular weight is 132 g/mol. The first kappa shape index (κ1) is 10.6. The zero-order valence-electron chi connectivity index (χ0n) is 4.74. The second-order valence-electron chi connectivity index (χ2n) is 0.971. The highest BCUT2D eigenvalue weighted by Crippen LogP contribution is 1.50. The van der Waals surface area contributed by atoms with E-state index in [0.717, 1.165) is 0 Å². The highest BCUT2D eigenvalue weighted by Gasteiger charge is 1.65. The number of nitrogens with two attached hydrogens (primary N) is 2. The van der Waals surface area contributed by atoms with Gasteiger partial charge in [-0.05, 0) is 0 Å². The second kappa shape index (κ2) is 9.79. The highest BCUT2D eigenvalue weighted by atomic mass is 16.2. The van der Waals surface area contributed by atoms with Gasteiger partial charge in [0.2, 0.25) is 0 Å². The van der Waals surface area contributed by atoms with E-state index < -0.39 is 6.03 Å². The van der Waals surface area contributed by atoms with Crippen molar-refractivity contribution in [1.82, 2.24) is 0 Å². The minimum Gasteiger partial charge on any atom is -0.352 e. The Labute approximate surface area is 52.0 Å². The summed E-state index contributed by atoms with van der Waals surface area (Å²) in [6.07, 6.45) is 1.15. The highest BCUT2D eigenvalue weighted by molar-refractivity contribution is 5.72. The number of carbonyl (C=O) groups excluding carboxylic acids is 3. The van der Waals surface area contributed by atoms with Crippen LogP contribution in [0.5, 0.6) is 0 Å². The quantitative estimate of drug-likeness (QED) is 0.364. The van der Waals surface area contributed by atoms with E-state index >= 15 is 0 Å². The Balaban J connectivity index is 0. The Morgan fingerprint density at radius 1 is 1.22 bits per heavy atom. The van der Waals surface area contributed by atoms with Crippen LogP contribution in [0.4, 0.5) is 4.79 Å². The van der Waals surface area contributed by atoms with Crippen molar-refractivity contribution < 1.29 is 14.4 Å². The van der Waals surface area contributed by atoms with Crippen LogP contribution in [-0.4, -0.2) is 18.6 Å². The number of hydrogen-bond acceptors (Lipinski definition) is 3. The lowest BCUT2D eigenvalue weighted by Crippen LogP contribution is -2.18. The van der Waals surface area contributed by atoms with Crippen LogP contribution in [-0.2, 0) is 9.59 Å². The van der Waals surface area contributed by atoms with Crippen LogP contribution in [0.3, 0.4) is 0 Å². The van der Waals surface area contributed by atoms with Crippen molar-refractivity contribution in [2.75, 3.05) is 0 Å². The van der Waals surface area contributed by atoms with Gasteiger partial charge in [0.15, 0.2) is 0 Å². The van der Waals surface area contributed by atoms with E-state index in [4.69, 9.17) is 4.79 Å². The Kier molecular flexibility index (Phi) is 11.5. The molecule has 0 saturated heterocycles. The molecule has 4 N–H and O–H groups in total. The van der Waals surface area contributed by atoms with Gasteiger partial charge in [0.1, 0.15) is 12.6 Å². The Morgan fingerprint density at radius 2 is 1.44 bits per heavy atom. The van der Waals surface area contributed by atoms with Gasteiger partial charge in [0.05, 0.1) is 6.42 Å². The van der Waals surface area contributed by atoms with Crippen molar-refractivity contribution in [1.29, 1.82) is 0 Å². The van der Waals surface area contributed by atoms with Crippen LogP contribution in [0.15, 0.2) is 0 Å². The van der Waals surface area contributed by atoms with E-state index in [1.807, 2.05) is 0 Å². The molecular formula is C4H8N2O3. The van der Waals surface area contributed by atoms with Crippen LogP contribution < -0.4 is 11.5 Å². The number of aldehydes is 2. The smallest absolute Gasteiger partial charge is 0.309 e. The summed E-state index contributed by atoms with van der Waals surface area (Å²) >= 11 is 0. The van der Waals surface area contributed by atoms with Crippen LogP contribution >= 0.6 is 0 Å². The predicted octanol–water partition coefficient (Wildman–Crippen LogP) is -1.20. The molecule has 0 bridgehead atoms. The summed E-state index contributed by atoms with van der Waals surface area (Å²) < 4.78 is 0. The van der Waals surface area contributed by atoms with Crippen molar-refractivity contribution in [2.45, 2.75) is 6.42 Å². The third-order valence-corrected chi connectivity index (χ3v) is 0.192.